The Hall–Kier alpha value is -10.5. The Morgan fingerprint density at radius 2 is 0.582 bits per heavy atom. The summed E-state index contributed by atoms with van der Waals surface area (Å²) in [6, 6.07) is 115. The summed E-state index contributed by atoms with van der Waals surface area (Å²) in [6.45, 7) is 14.0. The molecule has 0 radical (unpaired) electrons. The minimum absolute atomic E-state index is 0.0462. The van der Waals surface area contributed by atoms with Crippen LogP contribution in [0.25, 0.3) is 66.8 Å². The van der Waals surface area contributed by atoms with E-state index in [0.29, 0.717) is 0 Å². The highest BCUT2D eigenvalue weighted by Gasteiger charge is 2.44. The van der Waals surface area contributed by atoms with Gasteiger partial charge in [-0.05, 0) is 184 Å². The second kappa shape index (κ2) is 22.2. The van der Waals surface area contributed by atoms with Gasteiger partial charge in [-0.15, -0.1) is 0 Å². The molecule has 0 saturated carbocycles. The van der Waals surface area contributed by atoms with Gasteiger partial charge in [0, 0.05) is 28.5 Å². The van der Waals surface area contributed by atoms with Crippen LogP contribution in [-0.4, -0.2) is 0 Å². The van der Waals surface area contributed by atoms with Gasteiger partial charge in [0.05, 0.1) is 34.1 Å². The van der Waals surface area contributed by atoms with E-state index in [1.54, 1.807) is 0 Å². The molecule has 0 spiro atoms. The molecule has 438 valence electrons. The SMILES string of the molecule is CC(C)(C)c1ccc(N2c3ccc(-c4ccccc4-c4ccccc4)cc3C3c4cc(-c5ccccc5-c5ccccc5)ccc4N(c4ccc(C(C)(C)C)cc4-c4ccccc4)c4cc(C5c6ccccc6Cc6ccccc65)cc2c43)c(-c2ccccc2)c1. The summed E-state index contributed by atoms with van der Waals surface area (Å²) >= 11 is 0. The van der Waals surface area contributed by atoms with E-state index in [4.69, 9.17) is 0 Å². The van der Waals surface area contributed by atoms with E-state index in [0.717, 1.165) is 17.8 Å². The summed E-state index contributed by atoms with van der Waals surface area (Å²) in [6.07, 6.45) is 0.897. The van der Waals surface area contributed by atoms with Crippen LogP contribution in [0.15, 0.2) is 303 Å². The van der Waals surface area contributed by atoms with Crippen LogP contribution in [0.2, 0.25) is 0 Å². The fraction of sp³-hybridized carbons (Fsp3) is 0.124. The van der Waals surface area contributed by atoms with Gasteiger partial charge in [0.25, 0.3) is 0 Å². The zero-order valence-electron chi connectivity index (χ0n) is 52.6. The molecule has 0 N–H and O–H groups in total. The van der Waals surface area contributed by atoms with Crippen molar-refractivity contribution in [2.24, 2.45) is 0 Å². The minimum atomic E-state index is -0.210. The van der Waals surface area contributed by atoms with Gasteiger partial charge in [0.1, 0.15) is 0 Å². The van der Waals surface area contributed by atoms with Gasteiger partial charge in [-0.3, -0.25) is 0 Å². The van der Waals surface area contributed by atoms with Gasteiger partial charge >= 0.3 is 0 Å². The molecule has 0 atom stereocenters. The smallest absolute Gasteiger partial charge is 0.0540 e. The molecule has 0 aromatic heterocycles. The Balaban J connectivity index is 1.07. The van der Waals surface area contributed by atoms with Crippen LogP contribution < -0.4 is 9.80 Å². The third-order valence-corrected chi connectivity index (χ3v) is 19.6. The predicted octanol–water partition coefficient (Wildman–Crippen LogP) is 24.1. The van der Waals surface area contributed by atoms with Crippen molar-refractivity contribution >= 4 is 34.1 Å². The summed E-state index contributed by atoms with van der Waals surface area (Å²) in [5, 5.41) is 0. The first-order chi connectivity index (χ1) is 44.4. The van der Waals surface area contributed by atoms with Crippen LogP contribution in [0.5, 0.6) is 0 Å². The molecule has 13 aromatic rings. The monoisotopic (exact) mass is 1170 g/mol. The highest BCUT2D eigenvalue weighted by Crippen LogP contribution is 2.64. The Morgan fingerprint density at radius 1 is 0.253 bits per heavy atom. The molecule has 0 bridgehead atoms. The fourth-order valence-electron chi connectivity index (χ4n) is 15.0. The van der Waals surface area contributed by atoms with Crippen LogP contribution in [0, 0.1) is 0 Å². The molecule has 91 heavy (non-hydrogen) atoms. The van der Waals surface area contributed by atoms with E-state index in [2.05, 4.69) is 355 Å². The Bertz CT molecular complexity index is 4620. The number of hydrogen-bond acceptors (Lipinski definition) is 2. The van der Waals surface area contributed by atoms with Crippen LogP contribution in [0.1, 0.15) is 109 Å². The van der Waals surface area contributed by atoms with E-state index >= 15 is 0 Å². The maximum absolute atomic E-state index is 2.68. The van der Waals surface area contributed by atoms with Crippen molar-refractivity contribution in [3.8, 4) is 66.8 Å². The zero-order chi connectivity index (χ0) is 61.5. The van der Waals surface area contributed by atoms with E-state index in [-0.39, 0.29) is 22.7 Å². The number of anilines is 6. The maximum Gasteiger partial charge on any atom is 0.0540 e. The summed E-state index contributed by atoms with van der Waals surface area (Å²) in [4.78, 5) is 5.35. The third kappa shape index (κ3) is 9.72. The van der Waals surface area contributed by atoms with E-state index in [9.17, 15) is 0 Å². The molecule has 2 heterocycles. The molecule has 0 saturated heterocycles. The lowest BCUT2D eigenvalue weighted by molar-refractivity contribution is 0.590. The molecular weight excluding hydrogens is 1100 g/mol. The van der Waals surface area contributed by atoms with Crippen molar-refractivity contribution in [1.29, 1.82) is 0 Å². The van der Waals surface area contributed by atoms with Gasteiger partial charge in [-0.2, -0.15) is 0 Å². The van der Waals surface area contributed by atoms with E-state index in [1.807, 2.05) is 0 Å². The molecule has 0 amide bonds. The lowest BCUT2D eigenvalue weighted by Crippen LogP contribution is -2.30. The van der Waals surface area contributed by atoms with Crippen LogP contribution in [0.3, 0.4) is 0 Å². The van der Waals surface area contributed by atoms with Crippen LogP contribution in [0.4, 0.5) is 34.1 Å². The van der Waals surface area contributed by atoms with Crippen molar-refractivity contribution in [2.45, 2.75) is 70.6 Å². The maximum atomic E-state index is 2.68. The van der Waals surface area contributed by atoms with Crippen molar-refractivity contribution in [1.82, 2.24) is 0 Å². The number of nitrogens with zero attached hydrogens (tertiary/aromatic N) is 2. The van der Waals surface area contributed by atoms with Crippen molar-refractivity contribution in [3.63, 3.8) is 0 Å². The van der Waals surface area contributed by atoms with Gasteiger partial charge in [-0.1, -0.05) is 284 Å². The predicted molar refractivity (Wildman–Crippen MR) is 383 cm³/mol. The van der Waals surface area contributed by atoms with Gasteiger partial charge in [0.2, 0.25) is 0 Å². The van der Waals surface area contributed by atoms with Gasteiger partial charge < -0.3 is 9.80 Å². The quantitative estimate of drug-likeness (QED) is 0.142. The normalized spacial score (nSPS) is 13.4. The number of benzene rings is 13. The molecule has 13 aromatic carbocycles. The lowest BCUT2D eigenvalue weighted by Gasteiger charge is -2.47. The standard InChI is InChI=1S/C89H72N2/c1-88(2,3)67-45-49-79(75(56-67)60-31-15-9-16-32-60)90-81-47-43-64(71-39-25-23-37-69(71)58-27-11-7-12-28-58)52-77(81)86-78-53-65(72-40-26-24-38-70(72)59-29-13-8-14-30-59)44-48-82(78)91(80-50-46-68(89(4,5)6)57-76(80)61-33-17-10-18-34-61)84-55-66(54-83(90)87(84)86)85-73-41-21-19-35-62(73)51-63-36-20-22-42-74(63)85/h7-50,52-57,85-86H,51H2,1-6H3. The Morgan fingerprint density at radius 3 is 0.967 bits per heavy atom. The number of rotatable bonds is 9. The Labute approximate surface area is 537 Å². The first-order valence-electron chi connectivity index (χ1n) is 32.3. The minimum Gasteiger partial charge on any atom is -0.309 e. The summed E-state index contributed by atoms with van der Waals surface area (Å²) in [7, 11) is 0. The molecule has 2 heteroatoms. The van der Waals surface area contributed by atoms with Crippen LogP contribution >= 0.6 is 0 Å². The zero-order valence-corrected chi connectivity index (χ0v) is 52.6. The van der Waals surface area contributed by atoms with Gasteiger partial charge in [0.15, 0.2) is 0 Å². The average molecular weight is 1170 g/mol. The highest BCUT2D eigenvalue weighted by atomic mass is 15.2. The van der Waals surface area contributed by atoms with E-state index in [1.165, 1.54) is 145 Å². The third-order valence-electron chi connectivity index (χ3n) is 19.6. The highest BCUT2D eigenvalue weighted by molar-refractivity contribution is 6.03. The molecule has 1 aliphatic carbocycles. The fourth-order valence-corrected chi connectivity index (χ4v) is 15.0. The Kier molecular flexibility index (Phi) is 13.6. The molecule has 0 fully saturated rings. The number of hydrogen-bond donors (Lipinski definition) is 0. The van der Waals surface area contributed by atoms with Crippen molar-refractivity contribution in [2.75, 3.05) is 9.80 Å². The van der Waals surface area contributed by atoms with Crippen LogP contribution in [-0.2, 0) is 17.3 Å². The second-order valence-corrected chi connectivity index (χ2v) is 27.2. The topological polar surface area (TPSA) is 6.48 Å². The second-order valence-electron chi connectivity index (χ2n) is 27.2. The molecule has 2 nitrogen and oxygen atoms in total. The molecule has 0 unspecified atom stereocenters. The first-order valence-corrected chi connectivity index (χ1v) is 32.3. The summed E-state index contributed by atoms with van der Waals surface area (Å²) in [5.41, 5.74) is 34.2. The molecule has 3 aliphatic rings. The van der Waals surface area contributed by atoms with Crippen molar-refractivity contribution < 1.29 is 0 Å². The molecular formula is C89H72N2. The summed E-state index contributed by atoms with van der Waals surface area (Å²) < 4.78 is 0. The van der Waals surface area contributed by atoms with Crippen molar-refractivity contribution in [3.05, 3.63) is 359 Å². The molecule has 16 rings (SSSR count). The molecule has 2 aliphatic heterocycles. The summed E-state index contributed by atoms with van der Waals surface area (Å²) in [5.74, 6) is -0.256. The lowest BCUT2D eigenvalue weighted by atomic mass is 9.71. The first kappa shape index (κ1) is 55.7. The average Bonchev–Trinajstić information content (AvgIpc) is 0.696. The number of fused-ring (bicyclic) bond motifs is 6. The largest absolute Gasteiger partial charge is 0.309 e. The van der Waals surface area contributed by atoms with Gasteiger partial charge in [-0.25, -0.2) is 0 Å². The van der Waals surface area contributed by atoms with E-state index < -0.39 is 0 Å².